The van der Waals surface area contributed by atoms with E-state index in [0.29, 0.717) is 12.5 Å². The van der Waals surface area contributed by atoms with Gasteiger partial charge < -0.3 is 15.5 Å². The van der Waals surface area contributed by atoms with Gasteiger partial charge in [0.2, 0.25) is 5.91 Å². The molecule has 124 valence electrons. The minimum absolute atomic E-state index is 0.0277. The highest BCUT2D eigenvalue weighted by molar-refractivity contribution is 5.76. The van der Waals surface area contributed by atoms with Gasteiger partial charge in [0.15, 0.2) is 0 Å². The van der Waals surface area contributed by atoms with Crippen molar-refractivity contribution in [2.24, 2.45) is 11.1 Å². The summed E-state index contributed by atoms with van der Waals surface area (Å²) in [7, 11) is 1.95. The van der Waals surface area contributed by atoms with Crippen LogP contribution in [-0.2, 0) is 4.79 Å². The van der Waals surface area contributed by atoms with Crippen LogP contribution >= 0.6 is 0 Å². The predicted octanol–water partition coefficient (Wildman–Crippen LogP) is 2.47. The van der Waals surface area contributed by atoms with Crippen molar-refractivity contribution in [3.05, 3.63) is 0 Å². The van der Waals surface area contributed by atoms with Crippen molar-refractivity contribution in [1.29, 1.82) is 0 Å². The molecule has 1 atom stereocenters. The average Bonchev–Trinajstić information content (AvgIpc) is 2.36. The number of rotatable bonds is 6. The number of hydrogen-bond acceptors (Lipinski definition) is 3. The van der Waals surface area contributed by atoms with E-state index in [1.54, 1.807) is 0 Å². The van der Waals surface area contributed by atoms with Crippen LogP contribution in [0.1, 0.15) is 59.8 Å². The lowest BCUT2D eigenvalue weighted by Crippen LogP contribution is -2.47. The number of likely N-dealkylation sites (tertiary alicyclic amines) is 1. The molecule has 1 saturated heterocycles. The van der Waals surface area contributed by atoms with Crippen LogP contribution in [0, 0.1) is 5.41 Å². The number of piperidine rings is 1. The molecular weight excluding hydrogens is 262 g/mol. The second-order valence-electron chi connectivity index (χ2n) is 7.81. The molecule has 4 heteroatoms. The van der Waals surface area contributed by atoms with Crippen LogP contribution in [0.2, 0.25) is 0 Å². The van der Waals surface area contributed by atoms with Crippen molar-refractivity contribution in [2.75, 3.05) is 26.7 Å². The van der Waals surface area contributed by atoms with Gasteiger partial charge in [0.1, 0.15) is 0 Å². The Morgan fingerprint density at radius 2 is 1.90 bits per heavy atom. The Kier molecular flexibility index (Phi) is 7.14. The van der Waals surface area contributed by atoms with E-state index in [0.717, 1.165) is 32.4 Å². The van der Waals surface area contributed by atoms with Crippen LogP contribution in [0.4, 0.5) is 0 Å². The van der Waals surface area contributed by atoms with Gasteiger partial charge in [-0.05, 0) is 37.6 Å². The number of nitrogens with zero attached hydrogens (tertiary/aromatic N) is 2. The summed E-state index contributed by atoms with van der Waals surface area (Å²) in [6, 6.07) is 0.368. The van der Waals surface area contributed by atoms with E-state index in [1.165, 1.54) is 13.0 Å². The van der Waals surface area contributed by atoms with Crippen molar-refractivity contribution in [2.45, 2.75) is 71.9 Å². The zero-order valence-corrected chi connectivity index (χ0v) is 14.7. The van der Waals surface area contributed by atoms with Crippen molar-refractivity contribution < 1.29 is 4.79 Å². The van der Waals surface area contributed by atoms with E-state index >= 15 is 0 Å². The van der Waals surface area contributed by atoms with Gasteiger partial charge in [-0.2, -0.15) is 0 Å². The van der Waals surface area contributed by atoms with Crippen molar-refractivity contribution in [3.63, 3.8) is 0 Å². The second kappa shape index (κ2) is 8.14. The number of amides is 1. The van der Waals surface area contributed by atoms with Gasteiger partial charge in [-0.25, -0.2) is 0 Å². The third kappa shape index (κ3) is 6.79. The van der Waals surface area contributed by atoms with Gasteiger partial charge in [-0.15, -0.1) is 0 Å². The lowest BCUT2D eigenvalue weighted by atomic mass is 9.87. The highest BCUT2D eigenvalue weighted by atomic mass is 16.2. The van der Waals surface area contributed by atoms with Gasteiger partial charge in [0.25, 0.3) is 0 Å². The topological polar surface area (TPSA) is 49.6 Å². The Labute approximate surface area is 131 Å². The molecule has 0 bridgehead atoms. The number of carbonyl (C=O) groups excluding carboxylic acids is 1. The Bertz CT molecular complexity index is 316. The summed E-state index contributed by atoms with van der Waals surface area (Å²) in [6.07, 6.45) is 4.76. The number of hydrogen-bond donors (Lipinski definition) is 1. The third-order valence-electron chi connectivity index (χ3n) is 4.35. The van der Waals surface area contributed by atoms with Crippen LogP contribution in [0.15, 0.2) is 0 Å². The summed E-state index contributed by atoms with van der Waals surface area (Å²) in [6.45, 7) is 12.1. The molecule has 21 heavy (non-hydrogen) atoms. The molecule has 0 aliphatic carbocycles. The van der Waals surface area contributed by atoms with Crippen molar-refractivity contribution >= 4 is 5.91 Å². The predicted molar refractivity (Wildman–Crippen MR) is 89.2 cm³/mol. The van der Waals surface area contributed by atoms with Crippen LogP contribution in [0.25, 0.3) is 0 Å². The maximum Gasteiger partial charge on any atom is 0.224 e. The first-order valence-corrected chi connectivity index (χ1v) is 8.46. The van der Waals surface area contributed by atoms with E-state index in [-0.39, 0.29) is 17.4 Å². The largest absolute Gasteiger partial charge is 0.343 e. The normalized spacial score (nSPS) is 19.5. The Balaban J connectivity index is 2.38. The highest BCUT2D eigenvalue weighted by Crippen LogP contribution is 2.22. The first kappa shape index (κ1) is 18.4. The Morgan fingerprint density at radius 3 is 2.38 bits per heavy atom. The van der Waals surface area contributed by atoms with E-state index in [2.05, 4.69) is 32.6 Å². The Morgan fingerprint density at radius 1 is 1.33 bits per heavy atom. The van der Waals surface area contributed by atoms with Crippen molar-refractivity contribution in [1.82, 2.24) is 9.80 Å². The molecular formula is C17H35N3O. The standard InChI is InChI=1S/C17H35N3O/c1-6-9-20-10-7-15(8-11-20)19(5)16(21)12-14(18)13-17(2,3)4/h14-15H,6-13,18H2,1-5H3. The highest BCUT2D eigenvalue weighted by Gasteiger charge is 2.26. The Hall–Kier alpha value is -0.610. The molecule has 1 aliphatic heterocycles. The zero-order chi connectivity index (χ0) is 16.0. The maximum atomic E-state index is 12.4. The van der Waals surface area contributed by atoms with Gasteiger partial charge in [0.05, 0.1) is 0 Å². The van der Waals surface area contributed by atoms with E-state index in [9.17, 15) is 4.79 Å². The molecule has 1 rings (SSSR count). The van der Waals surface area contributed by atoms with E-state index in [1.807, 2.05) is 11.9 Å². The smallest absolute Gasteiger partial charge is 0.224 e. The molecule has 0 aromatic rings. The molecule has 1 aliphatic rings. The third-order valence-corrected chi connectivity index (χ3v) is 4.35. The first-order valence-electron chi connectivity index (χ1n) is 8.46. The van der Waals surface area contributed by atoms with Crippen molar-refractivity contribution in [3.8, 4) is 0 Å². The summed E-state index contributed by atoms with van der Waals surface area (Å²) in [5, 5.41) is 0. The molecule has 2 N–H and O–H groups in total. The quantitative estimate of drug-likeness (QED) is 0.819. The van der Waals surface area contributed by atoms with Crippen LogP contribution < -0.4 is 5.73 Å². The second-order valence-corrected chi connectivity index (χ2v) is 7.81. The molecule has 0 spiro atoms. The molecule has 0 radical (unpaired) electrons. The van der Waals surface area contributed by atoms with E-state index < -0.39 is 0 Å². The van der Waals surface area contributed by atoms with Gasteiger partial charge in [0, 0.05) is 38.6 Å². The molecule has 0 aromatic carbocycles. The fraction of sp³-hybridized carbons (Fsp3) is 0.941. The number of carbonyl (C=O) groups is 1. The van der Waals surface area contributed by atoms with Gasteiger partial charge in [-0.3, -0.25) is 4.79 Å². The SMILES string of the molecule is CCCN1CCC(N(C)C(=O)CC(N)CC(C)(C)C)CC1. The molecule has 0 saturated carbocycles. The molecule has 1 amide bonds. The minimum atomic E-state index is -0.0277. The zero-order valence-electron chi connectivity index (χ0n) is 14.7. The lowest BCUT2D eigenvalue weighted by Gasteiger charge is -2.37. The van der Waals surface area contributed by atoms with E-state index in [4.69, 9.17) is 5.73 Å². The summed E-state index contributed by atoms with van der Waals surface area (Å²) in [5.74, 6) is 0.209. The monoisotopic (exact) mass is 297 g/mol. The molecule has 1 heterocycles. The molecule has 0 aromatic heterocycles. The number of nitrogens with two attached hydrogens (primary N) is 1. The summed E-state index contributed by atoms with van der Waals surface area (Å²) in [5.41, 5.74) is 6.32. The lowest BCUT2D eigenvalue weighted by molar-refractivity contribution is -0.133. The average molecular weight is 297 g/mol. The fourth-order valence-corrected chi connectivity index (χ4v) is 3.28. The summed E-state index contributed by atoms with van der Waals surface area (Å²) in [4.78, 5) is 16.8. The maximum absolute atomic E-state index is 12.4. The van der Waals surface area contributed by atoms with Gasteiger partial charge in [-0.1, -0.05) is 27.7 Å². The van der Waals surface area contributed by atoms with Gasteiger partial charge >= 0.3 is 0 Å². The first-order chi connectivity index (χ1) is 9.73. The fourth-order valence-electron chi connectivity index (χ4n) is 3.28. The molecule has 1 fully saturated rings. The van der Waals surface area contributed by atoms with Crippen LogP contribution in [-0.4, -0.2) is 54.5 Å². The van der Waals surface area contributed by atoms with Crippen LogP contribution in [0.5, 0.6) is 0 Å². The molecule has 4 nitrogen and oxygen atoms in total. The van der Waals surface area contributed by atoms with Crippen LogP contribution in [0.3, 0.4) is 0 Å². The summed E-state index contributed by atoms with van der Waals surface area (Å²) >= 11 is 0. The molecule has 1 unspecified atom stereocenters. The minimum Gasteiger partial charge on any atom is -0.343 e. The summed E-state index contributed by atoms with van der Waals surface area (Å²) < 4.78 is 0.